The molecule has 0 aliphatic rings. The van der Waals surface area contributed by atoms with Crippen molar-refractivity contribution in [2.24, 2.45) is 5.41 Å². The maximum absolute atomic E-state index is 9.79. The van der Waals surface area contributed by atoms with E-state index in [0.29, 0.717) is 0 Å². The summed E-state index contributed by atoms with van der Waals surface area (Å²) >= 11 is 0. The molecular formula is C12H28N2O. The molecule has 2 N–H and O–H groups in total. The highest BCUT2D eigenvalue weighted by Gasteiger charge is 2.25. The Morgan fingerprint density at radius 3 is 2.00 bits per heavy atom. The molecule has 0 heterocycles. The molecule has 15 heavy (non-hydrogen) atoms. The molecule has 0 aromatic carbocycles. The average molecular weight is 216 g/mol. The molecule has 3 nitrogen and oxygen atoms in total. The third-order valence-electron chi connectivity index (χ3n) is 2.69. The SMILES string of the molecule is CC(NCC(C)(C)CN(C)C)C(C)(C)O. The summed E-state index contributed by atoms with van der Waals surface area (Å²) in [5, 5.41) is 13.2. The summed E-state index contributed by atoms with van der Waals surface area (Å²) in [6.07, 6.45) is 0. The smallest absolute Gasteiger partial charge is 0.0741 e. The lowest BCUT2D eigenvalue weighted by Crippen LogP contribution is -2.49. The van der Waals surface area contributed by atoms with E-state index in [9.17, 15) is 5.11 Å². The van der Waals surface area contributed by atoms with Crippen LogP contribution >= 0.6 is 0 Å². The molecule has 0 bridgehead atoms. The van der Waals surface area contributed by atoms with Gasteiger partial charge in [-0.15, -0.1) is 0 Å². The minimum atomic E-state index is -0.659. The van der Waals surface area contributed by atoms with Crippen LogP contribution in [0, 0.1) is 5.41 Å². The van der Waals surface area contributed by atoms with Crippen molar-refractivity contribution in [3.63, 3.8) is 0 Å². The van der Waals surface area contributed by atoms with Crippen molar-refractivity contribution in [2.45, 2.75) is 46.3 Å². The summed E-state index contributed by atoms with van der Waals surface area (Å²) in [5.41, 5.74) is -0.433. The van der Waals surface area contributed by atoms with E-state index in [4.69, 9.17) is 0 Å². The van der Waals surface area contributed by atoms with Crippen LogP contribution in [-0.2, 0) is 0 Å². The van der Waals surface area contributed by atoms with Gasteiger partial charge in [-0.2, -0.15) is 0 Å². The van der Waals surface area contributed by atoms with Gasteiger partial charge in [-0.25, -0.2) is 0 Å². The largest absolute Gasteiger partial charge is 0.389 e. The molecule has 0 rings (SSSR count). The van der Waals surface area contributed by atoms with Crippen molar-refractivity contribution in [2.75, 3.05) is 27.2 Å². The maximum Gasteiger partial charge on any atom is 0.0741 e. The van der Waals surface area contributed by atoms with Crippen LogP contribution in [0.2, 0.25) is 0 Å². The summed E-state index contributed by atoms with van der Waals surface area (Å²) in [7, 11) is 4.17. The number of hydrogen-bond donors (Lipinski definition) is 2. The molecule has 3 heteroatoms. The molecule has 1 atom stereocenters. The Kier molecular flexibility index (Phi) is 5.24. The summed E-state index contributed by atoms with van der Waals surface area (Å²) in [5.74, 6) is 0. The number of nitrogens with one attached hydrogen (secondary N) is 1. The van der Waals surface area contributed by atoms with E-state index < -0.39 is 5.60 Å². The highest BCUT2D eigenvalue weighted by molar-refractivity contribution is 4.83. The van der Waals surface area contributed by atoms with Crippen LogP contribution in [0.5, 0.6) is 0 Å². The first kappa shape index (κ1) is 14.9. The lowest BCUT2D eigenvalue weighted by atomic mass is 9.91. The third kappa shape index (κ3) is 6.88. The molecule has 0 aliphatic heterocycles. The van der Waals surface area contributed by atoms with Gasteiger partial charge in [-0.05, 0) is 40.3 Å². The van der Waals surface area contributed by atoms with E-state index >= 15 is 0 Å². The van der Waals surface area contributed by atoms with Crippen molar-refractivity contribution in [1.29, 1.82) is 0 Å². The molecule has 0 saturated heterocycles. The quantitative estimate of drug-likeness (QED) is 0.703. The Bertz CT molecular complexity index is 183. The van der Waals surface area contributed by atoms with E-state index in [1.807, 2.05) is 20.8 Å². The Balaban J connectivity index is 4.04. The third-order valence-corrected chi connectivity index (χ3v) is 2.69. The molecule has 0 radical (unpaired) electrons. The average Bonchev–Trinajstić information content (AvgIpc) is 1.95. The van der Waals surface area contributed by atoms with Crippen LogP contribution in [0.3, 0.4) is 0 Å². The van der Waals surface area contributed by atoms with Gasteiger partial charge in [0.25, 0.3) is 0 Å². The van der Waals surface area contributed by atoms with Crippen molar-refractivity contribution in [3.8, 4) is 0 Å². The van der Waals surface area contributed by atoms with Crippen LogP contribution in [-0.4, -0.2) is 48.8 Å². The Morgan fingerprint density at radius 2 is 1.67 bits per heavy atom. The lowest BCUT2D eigenvalue weighted by Gasteiger charge is -2.33. The van der Waals surface area contributed by atoms with Crippen LogP contribution in [0.15, 0.2) is 0 Å². The minimum absolute atomic E-state index is 0.110. The fraction of sp³-hybridized carbons (Fsp3) is 1.00. The molecule has 1 unspecified atom stereocenters. The van der Waals surface area contributed by atoms with Crippen LogP contribution in [0.1, 0.15) is 34.6 Å². The predicted molar refractivity (Wildman–Crippen MR) is 66.1 cm³/mol. The van der Waals surface area contributed by atoms with Crippen molar-refractivity contribution in [1.82, 2.24) is 10.2 Å². The minimum Gasteiger partial charge on any atom is -0.389 e. The zero-order chi connectivity index (χ0) is 12.3. The second kappa shape index (κ2) is 5.28. The molecular weight excluding hydrogens is 188 g/mol. The van der Waals surface area contributed by atoms with E-state index in [0.717, 1.165) is 13.1 Å². The Labute approximate surface area is 94.9 Å². The molecule has 92 valence electrons. The van der Waals surface area contributed by atoms with Crippen molar-refractivity contribution >= 4 is 0 Å². The van der Waals surface area contributed by atoms with Gasteiger partial charge in [0.15, 0.2) is 0 Å². The van der Waals surface area contributed by atoms with Gasteiger partial charge in [0, 0.05) is 19.1 Å². The molecule has 0 spiro atoms. The van der Waals surface area contributed by atoms with Crippen molar-refractivity contribution < 1.29 is 5.11 Å². The maximum atomic E-state index is 9.79. The van der Waals surface area contributed by atoms with Crippen molar-refractivity contribution in [3.05, 3.63) is 0 Å². The molecule has 0 aromatic heterocycles. The molecule has 0 fully saturated rings. The van der Waals surface area contributed by atoms with E-state index in [1.165, 1.54) is 0 Å². The summed E-state index contributed by atoms with van der Waals surface area (Å²) in [6, 6.07) is 0.110. The molecule has 0 aromatic rings. The van der Waals surface area contributed by atoms with Gasteiger partial charge in [0.05, 0.1) is 5.60 Å². The highest BCUT2D eigenvalue weighted by atomic mass is 16.3. The van der Waals surface area contributed by atoms with E-state index in [-0.39, 0.29) is 11.5 Å². The zero-order valence-corrected chi connectivity index (χ0v) is 11.4. The predicted octanol–water partition coefficient (Wildman–Crippen LogP) is 1.32. The van der Waals surface area contributed by atoms with Crippen LogP contribution in [0.25, 0.3) is 0 Å². The normalized spacial score (nSPS) is 15.8. The number of rotatable bonds is 6. The zero-order valence-electron chi connectivity index (χ0n) is 11.4. The van der Waals surface area contributed by atoms with Crippen LogP contribution < -0.4 is 5.32 Å². The second-order valence-electron chi connectivity index (χ2n) is 6.16. The van der Waals surface area contributed by atoms with Crippen LogP contribution in [0.4, 0.5) is 0 Å². The standard InChI is InChI=1S/C12H28N2O/c1-10(12(4,5)15)13-8-11(2,3)9-14(6)7/h10,13,15H,8-9H2,1-7H3. The van der Waals surface area contributed by atoms with Gasteiger partial charge in [0.2, 0.25) is 0 Å². The number of hydrogen-bond acceptors (Lipinski definition) is 3. The first-order valence-corrected chi connectivity index (χ1v) is 5.65. The van der Waals surface area contributed by atoms with Gasteiger partial charge >= 0.3 is 0 Å². The topological polar surface area (TPSA) is 35.5 Å². The van der Waals surface area contributed by atoms with Gasteiger partial charge < -0.3 is 15.3 Å². The Morgan fingerprint density at radius 1 is 1.20 bits per heavy atom. The molecule has 0 saturated carbocycles. The van der Waals surface area contributed by atoms with E-state index in [1.54, 1.807) is 0 Å². The van der Waals surface area contributed by atoms with Gasteiger partial charge in [-0.3, -0.25) is 0 Å². The highest BCUT2D eigenvalue weighted by Crippen LogP contribution is 2.16. The first-order chi connectivity index (χ1) is 6.54. The lowest BCUT2D eigenvalue weighted by molar-refractivity contribution is 0.0397. The van der Waals surface area contributed by atoms with Gasteiger partial charge in [0.1, 0.15) is 0 Å². The van der Waals surface area contributed by atoms with Gasteiger partial charge in [-0.1, -0.05) is 13.8 Å². The fourth-order valence-corrected chi connectivity index (χ4v) is 1.59. The molecule has 0 aliphatic carbocycles. The number of aliphatic hydroxyl groups is 1. The number of nitrogens with zero attached hydrogens (tertiary/aromatic N) is 1. The monoisotopic (exact) mass is 216 g/mol. The second-order valence-corrected chi connectivity index (χ2v) is 6.16. The summed E-state index contributed by atoms with van der Waals surface area (Å²) in [6.45, 7) is 12.1. The molecule has 0 amide bonds. The fourth-order valence-electron chi connectivity index (χ4n) is 1.59. The first-order valence-electron chi connectivity index (χ1n) is 5.65. The van der Waals surface area contributed by atoms with E-state index in [2.05, 4.69) is 38.2 Å². The summed E-state index contributed by atoms with van der Waals surface area (Å²) < 4.78 is 0. The summed E-state index contributed by atoms with van der Waals surface area (Å²) in [4.78, 5) is 2.19. The Hall–Kier alpha value is -0.120.